The molecular formula is C26H24N2O4S. The van der Waals surface area contributed by atoms with Gasteiger partial charge in [0, 0.05) is 16.1 Å². The van der Waals surface area contributed by atoms with Crippen LogP contribution in [-0.2, 0) is 14.3 Å². The van der Waals surface area contributed by atoms with Gasteiger partial charge < -0.3 is 15.4 Å². The van der Waals surface area contributed by atoms with Crippen molar-refractivity contribution in [2.75, 3.05) is 17.7 Å². The first kappa shape index (κ1) is 23.8. The Balaban J connectivity index is 1.71. The van der Waals surface area contributed by atoms with Gasteiger partial charge in [-0.3, -0.25) is 14.4 Å². The molecule has 0 heterocycles. The normalized spacial score (nSPS) is 10.9. The lowest BCUT2D eigenvalue weighted by atomic mass is 10.1. The van der Waals surface area contributed by atoms with Gasteiger partial charge in [-0.1, -0.05) is 48.5 Å². The summed E-state index contributed by atoms with van der Waals surface area (Å²) in [5.74, 6) is -0.881. The molecule has 2 N–H and O–H groups in total. The fourth-order valence-electron chi connectivity index (χ4n) is 2.84. The minimum Gasteiger partial charge on any atom is -0.465 e. The molecule has 6 nitrogen and oxygen atoms in total. The molecule has 7 heteroatoms. The molecule has 168 valence electrons. The predicted molar refractivity (Wildman–Crippen MR) is 131 cm³/mol. The zero-order valence-electron chi connectivity index (χ0n) is 18.1. The van der Waals surface area contributed by atoms with E-state index >= 15 is 0 Å². The van der Waals surface area contributed by atoms with Crippen molar-refractivity contribution in [3.63, 3.8) is 0 Å². The van der Waals surface area contributed by atoms with Crippen molar-refractivity contribution in [2.24, 2.45) is 0 Å². The van der Waals surface area contributed by atoms with Gasteiger partial charge in [0.15, 0.2) is 0 Å². The summed E-state index contributed by atoms with van der Waals surface area (Å²) >= 11 is 1.35. The number of amides is 2. The smallest absolute Gasteiger partial charge is 0.316 e. The second-order valence-corrected chi connectivity index (χ2v) is 7.91. The second-order valence-electron chi connectivity index (χ2n) is 6.86. The maximum atomic E-state index is 13.0. The molecule has 0 unspecified atom stereocenters. The fourth-order valence-corrected chi connectivity index (χ4v) is 3.53. The summed E-state index contributed by atoms with van der Waals surface area (Å²) in [5.41, 5.74) is 1.91. The molecule has 3 rings (SSSR count). The van der Waals surface area contributed by atoms with Crippen molar-refractivity contribution in [2.45, 2.75) is 11.8 Å². The van der Waals surface area contributed by atoms with Crippen LogP contribution in [0.3, 0.4) is 0 Å². The van der Waals surface area contributed by atoms with Gasteiger partial charge in [0.1, 0.15) is 5.70 Å². The van der Waals surface area contributed by atoms with Gasteiger partial charge in [-0.15, -0.1) is 11.8 Å². The van der Waals surface area contributed by atoms with E-state index < -0.39 is 5.91 Å². The molecular weight excluding hydrogens is 436 g/mol. The van der Waals surface area contributed by atoms with Crippen LogP contribution in [0.5, 0.6) is 0 Å². The molecule has 0 fully saturated rings. The average Bonchev–Trinajstić information content (AvgIpc) is 2.84. The molecule has 0 aromatic heterocycles. The number of rotatable bonds is 9. The van der Waals surface area contributed by atoms with E-state index in [0.29, 0.717) is 17.9 Å². The first-order valence-corrected chi connectivity index (χ1v) is 11.4. The summed E-state index contributed by atoms with van der Waals surface area (Å²) < 4.78 is 4.92. The number of thioether (sulfide) groups is 1. The van der Waals surface area contributed by atoms with Crippen LogP contribution in [0.2, 0.25) is 0 Å². The van der Waals surface area contributed by atoms with Crippen molar-refractivity contribution < 1.29 is 19.1 Å². The van der Waals surface area contributed by atoms with Crippen LogP contribution in [0.25, 0.3) is 6.08 Å². The topological polar surface area (TPSA) is 84.5 Å². The van der Waals surface area contributed by atoms with Gasteiger partial charge in [0.25, 0.3) is 11.8 Å². The Morgan fingerprint density at radius 2 is 1.52 bits per heavy atom. The highest BCUT2D eigenvalue weighted by molar-refractivity contribution is 8.00. The highest BCUT2D eigenvalue weighted by Crippen LogP contribution is 2.21. The number of esters is 1. The molecule has 0 bridgehead atoms. The number of ether oxygens (including phenoxy) is 1. The summed E-state index contributed by atoms with van der Waals surface area (Å²) in [6, 6.07) is 25.1. The number of hydrogen-bond donors (Lipinski definition) is 2. The minimum absolute atomic E-state index is 0.121. The Kier molecular flexibility index (Phi) is 8.85. The SMILES string of the molecule is CCOC(=O)CSc1ccc(NC(=O)/C(=C/c2ccccc2)NC(=O)c2ccccc2)cc1. The van der Waals surface area contributed by atoms with Gasteiger partial charge in [-0.25, -0.2) is 0 Å². The van der Waals surface area contributed by atoms with Crippen LogP contribution in [0.1, 0.15) is 22.8 Å². The number of benzene rings is 3. The molecule has 3 aromatic rings. The Morgan fingerprint density at radius 1 is 0.879 bits per heavy atom. The van der Waals surface area contributed by atoms with Gasteiger partial charge in [0.2, 0.25) is 0 Å². The fraction of sp³-hybridized carbons (Fsp3) is 0.115. The van der Waals surface area contributed by atoms with Crippen LogP contribution in [-0.4, -0.2) is 30.1 Å². The van der Waals surface area contributed by atoms with E-state index in [9.17, 15) is 14.4 Å². The van der Waals surface area contributed by atoms with Crippen molar-refractivity contribution in [3.8, 4) is 0 Å². The van der Waals surface area contributed by atoms with E-state index in [1.54, 1.807) is 49.4 Å². The minimum atomic E-state index is -0.449. The number of carbonyl (C=O) groups excluding carboxylic acids is 3. The summed E-state index contributed by atoms with van der Waals surface area (Å²) in [6.07, 6.45) is 1.62. The van der Waals surface area contributed by atoms with Gasteiger partial charge >= 0.3 is 5.97 Å². The lowest BCUT2D eigenvalue weighted by Gasteiger charge is -2.12. The Bertz CT molecular complexity index is 1110. The molecule has 0 saturated heterocycles. The summed E-state index contributed by atoms with van der Waals surface area (Å²) in [6.45, 7) is 2.12. The van der Waals surface area contributed by atoms with Crippen molar-refractivity contribution in [1.29, 1.82) is 0 Å². The van der Waals surface area contributed by atoms with Crippen LogP contribution in [0.4, 0.5) is 5.69 Å². The number of hydrogen-bond acceptors (Lipinski definition) is 5. The molecule has 3 aromatic carbocycles. The third kappa shape index (κ3) is 7.66. The van der Waals surface area contributed by atoms with Crippen molar-refractivity contribution in [3.05, 3.63) is 102 Å². The third-order valence-electron chi connectivity index (χ3n) is 4.41. The lowest BCUT2D eigenvalue weighted by Crippen LogP contribution is -2.30. The first-order chi connectivity index (χ1) is 16.0. The molecule has 0 spiro atoms. The second kappa shape index (κ2) is 12.3. The van der Waals surface area contributed by atoms with E-state index in [4.69, 9.17) is 4.74 Å². The average molecular weight is 461 g/mol. The predicted octanol–water partition coefficient (Wildman–Crippen LogP) is 4.75. The van der Waals surface area contributed by atoms with Gasteiger partial charge in [-0.2, -0.15) is 0 Å². The van der Waals surface area contributed by atoms with Crippen LogP contribution in [0, 0.1) is 0 Å². The molecule has 0 atom stereocenters. The first-order valence-electron chi connectivity index (χ1n) is 10.4. The summed E-state index contributed by atoms with van der Waals surface area (Å²) in [4.78, 5) is 38.0. The third-order valence-corrected chi connectivity index (χ3v) is 5.40. The zero-order chi connectivity index (χ0) is 23.5. The molecule has 33 heavy (non-hydrogen) atoms. The quantitative estimate of drug-likeness (QED) is 0.273. The molecule has 2 amide bonds. The maximum absolute atomic E-state index is 13.0. The monoisotopic (exact) mass is 460 g/mol. The highest BCUT2D eigenvalue weighted by Gasteiger charge is 2.15. The van der Waals surface area contributed by atoms with Crippen molar-refractivity contribution in [1.82, 2.24) is 5.32 Å². The molecule has 0 aliphatic heterocycles. The standard InChI is InChI=1S/C26H24N2O4S/c1-2-32-24(29)18-33-22-15-13-21(14-16-22)27-26(31)23(17-19-9-5-3-6-10-19)28-25(30)20-11-7-4-8-12-20/h3-17H,2,18H2,1H3,(H,27,31)(H,28,30)/b23-17-. The van der Waals surface area contributed by atoms with E-state index in [0.717, 1.165) is 10.5 Å². The maximum Gasteiger partial charge on any atom is 0.316 e. The highest BCUT2D eigenvalue weighted by atomic mass is 32.2. The molecule has 0 aliphatic rings. The molecule has 0 saturated carbocycles. The van der Waals surface area contributed by atoms with Gasteiger partial charge in [0.05, 0.1) is 12.4 Å². The van der Waals surface area contributed by atoms with E-state index in [-0.39, 0.29) is 23.3 Å². The van der Waals surface area contributed by atoms with Crippen LogP contribution < -0.4 is 10.6 Å². The molecule has 0 aliphatic carbocycles. The van der Waals surface area contributed by atoms with Crippen molar-refractivity contribution >= 4 is 41.3 Å². The summed E-state index contributed by atoms with van der Waals surface area (Å²) in [5, 5.41) is 5.52. The molecule has 0 radical (unpaired) electrons. The number of nitrogens with one attached hydrogen (secondary N) is 2. The van der Waals surface area contributed by atoms with Crippen LogP contribution >= 0.6 is 11.8 Å². The Labute approximate surface area is 197 Å². The summed E-state index contributed by atoms with van der Waals surface area (Å²) in [7, 11) is 0. The van der Waals surface area contributed by atoms with Gasteiger partial charge in [-0.05, 0) is 55.0 Å². The number of anilines is 1. The van der Waals surface area contributed by atoms with Crippen LogP contribution in [0.15, 0.2) is 95.5 Å². The lowest BCUT2D eigenvalue weighted by molar-refractivity contribution is -0.139. The Hall–Kier alpha value is -3.84. The number of carbonyl (C=O) groups is 3. The zero-order valence-corrected chi connectivity index (χ0v) is 18.9. The van der Waals surface area contributed by atoms with E-state index in [1.807, 2.05) is 48.5 Å². The van der Waals surface area contributed by atoms with E-state index in [2.05, 4.69) is 10.6 Å². The largest absolute Gasteiger partial charge is 0.465 e. The van der Waals surface area contributed by atoms with E-state index in [1.165, 1.54) is 11.8 Å². The Morgan fingerprint density at radius 3 is 2.15 bits per heavy atom.